The van der Waals surface area contributed by atoms with E-state index < -0.39 is 5.91 Å². The molecule has 176 valence electrons. The van der Waals surface area contributed by atoms with E-state index >= 15 is 0 Å². The average molecular weight is 587 g/mol. The normalized spacial score (nSPS) is 12.9. The molecule has 35 heavy (non-hydrogen) atoms. The van der Waals surface area contributed by atoms with Crippen molar-refractivity contribution < 1.29 is 9.53 Å². The third-order valence-corrected chi connectivity index (χ3v) is 7.96. The molecular formula is C26H18BrCl2N3O2S. The van der Waals surface area contributed by atoms with Gasteiger partial charge in [-0.2, -0.15) is 10.5 Å². The minimum absolute atomic E-state index is 0.0993. The van der Waals surface area contributed by atoms with Crippen LogP contribution in [0.25, 0.3) is 6.08 Å². The van der Waals surface area contributed by atoms with Gasteiger partial charge in [0.15, 0.2) is 0 Å². The van der Waals surface area contributed by atoms with Crippen LogP contribution in [0, 0.1) is 22.7 Å². The van der Waals surface area contributed by atoms with Gasteiger partial charge >= 0.3 is 0 Å². The monoisotopic (exact) mass is 585 g/mol. The van der Waals surface area contributed by atoms with Gasteiger partial charge in [0.05, 0.1) is 15.6 Å². The van der Waals surface area contributed by atoms with Crippen LogP contribution in [0.5, 0.6) is 5.75 Å². The molecule has 4 rings (SSSR count). The number of carbonyl (C=O) groups excluding carboxylic acids is 1. The number of fused-ring (bicyclic) bond motifs is 1. The van der Waals surface area contributed by atoms with Crippen molar-refractivity contribution in [1.82, 2.24) is 0 Å². The summed E-state index contributed by atoms with van der Waals surface area (Å²) >= 11 is 16.9. The molecule has 0 radical (unpaired) electrons. The molecule has 1 aliphatic rings. The highest BCUT2D eigenvalue weighted by Crippen LogP contribution is 2.38. The van der Waals surface area contributed by atoms with E-state index in [1.807, 2.05) is 18.2 Å². The molecule has 9 heteroatoms. The van der Waals surface area contributed by atoms with Gasteiger partial charge in [0.25, 0.3) is 5.91 Å². The molecule has 1 heterocycles. The summed E-state index contributed by atoms with van der Waals surface area (Å²) in [5, 5.41) is 23.5. The predicted molar refractivity (Wildman–Crippen MR) is 143 cm³/mol. The highest BCUT2D eigenvalue weighted by molar-refractivity contribution is 9.10. The number of hydrogen-bond donors (Lipinski definition) is 1. The Hall–Kier alpha value is -2.81. The van der Waals surface area contributed by atoms with Crippen molar-refractivity contribution in [3.05, 3.63) is 83.6 Å². The third-order valence-electron chi connectivity index (χ3n) is 5.53. The zero-order valence-electron chi connectivity index (χ0n) is 18.3. The van der Waals surface area contributed by atoms with Gasteiger partial charge < -0.3 is 10.1 Å². The fourth-order valence-electron chi connectivity index (χ4n) is 3.80. The van der Waals surface area contributed by atoms with Crippen molar-refractivity contribution in [3.63, 3.8) is 0 Å². The van der Waals surface area contributed by atoms with E-state index in [-0.39, 0.29) is 12.2 Å². The van der Waals surface area contributed by atoms with E-state index in [9.17, 15) is 15.3 Å². The maximum atomic E-state index is 13.0. The number of thiophene rings is 1. The average Bonchev–Trinajstić information content (AvgIpc) is 3.20. The minimum Gasteiger partial charge on any atom is -0.488 e. The summed E-state index contributed by atoms with van der Waals surface area (Å²) < 4.78 is 6.72. The van der Waals surface area contributed by atoms with Gasteiger partial charge in [-0.3, -0.25) is 4.79 Å². The van der Waals surface area contributed by atoms with Gasteiger partial charge in [0.1, 0.15) is 35.1 Å². The molecule has 1 aromatic heterocycles. The van der Waals surface area contributed by atoms with Crippen LogP contribution in [-0.2, 0) is 24.2 Å². The summed E-state index contributed by atoms with van der Waals surface area (Å²) in [6.07, 6.45) is 5.32. The summed E-state index contributed by atoms with van der Waals surface area (Å²) in [5.74, 6) is -0.0814. The first-order valence-electron chi connectivity index (χ1n) is 10.7. The lowest BCUT2D eigenvalue weighted by Gasteiger charge is -2.11. The van der Waals surface area contributed by atoms with Gasteiger partial charge in [0, 0.05) is 14.9 Å². The molecule has 0 atom stereocenters. The number of nitriles is 2. The highest BCUT2D eigenvalue weighted by Gasteiger charge is 2.23. The van der Waals surface area contributed by atoms with E-state index in [1.165, 1.54) is 17.4 Å². The second kappa shape index (κ2) is 11.3. The second-order valence-corrected chi connectivity index (χ2v) is 10.7. The molecule has 2 aromatic carbocycles. The van der Waals surface area contributed by atoms with E-state index in [0.29, 0.717) is 31.9 Å². The zero-order valence-corrected chi connectivity index (χ0v) is 22.2. The maximum absolute atomic E-state index is 13.0. The first kappa shape index (κ1) is 25.3. The molecule has 1 amide bonds. The number of amides is 1. The third kappa shape index (κ3) is 5.89. The molecular weight excluding hydrogens is 569 g/mol. The number of nitrogens with one attached hydrogen (secondary N) is 1. The van der Waals surface area contributed by atoms with Crippen molar-refractivity contribution in [2.75, 3.05) is 5.32 Å². The Morgan fingerprint density at radius 3 is 2.69 bits per heavy atom. The Kier molecular flexibility index (Phi) is 8.15. The van der Waals surface area contributed by atoms with Crippen LogP contribution >= 0.6 is 50.5 Å². The number of nitrogens with zero attached hydrogens (tertiary/aromatic N) is 2. The summed E-state index contributed by atoms with van der Waals surface area (Å²) in [6, 6.07) is 14.7. The molecule has 1 N–H and O–H groups in total. The number of benzene rings is 2. The number of aryl methyl sites for hydroxylation is 1. The van der Waals surface area contributed by atoms with Gasteiger partial charge in [-0.15, -0.1) is 11.3 Å². The van der Waals surface area contributed by atoms with E-state index in [2.05, 4.69) is 27.3 Å². The molecule has 0 aliphatic heterocycles. The molecule has 0 unspecified atom stereocenters. The second-order valence-electron chi connectivity index (χ2n) is 7.87. The fourth-order valence-corrected chi connectivity index (χ4v) is 5.74. The van der Waals surface area contributed by atoms with Crippen LogP contribution in [0.4, 0.5) is 5.00 Å². The lowest BCUT2D eigenvalue weighted by molar-refractivity contribution is -0.112. The van der Waals surface area contributed by atoms with Crippen molar-refractivity contribution in [1.29, 1.82) is 10.5 Å². The van der Waals surface area contributed by atoms with Gasteiger partial charge in [0.2, 0.25) is 0 Å². The molecule has 0 fully saturated rings. The maximum Gasteiger partial charge on any atom is 0.266 e. The molecule has 0 bridgehead atoms. The van der Waals surface area contributed by atoms with Crippen LogP contribution < -0.4 is 10.1 Å². The van der Waals surface area contributed by atoms with Crippen LogP contribution in [0.3, 0.4) is 0 Å². The van der Waals surface area contributed by atoms with Crippen molar-refractivity contribution >= 4 is 67.5 Å². The summed E-state index contributed by atoms with van der Waals surface area (Å²) in [5.41, 5.74) is 2.80. The zero-order chi connectivity index (χ0) is 24.9. The highest BCUT2D eigenvalue weighted by atomic mass is 79.9. The Labute approximate surface area is 225 Å². The summed E-state index contributed by atoms with van der Waals surface area (Å²) in [6.45, 7) is 0.222. The summed E-state index contributed by atoms with van der Waals surface area (Å²) in [7, 11) is 0. The van der Waals surface area contributed by atoms with Crippen molar-refractivity contribution in [3.8, 4) is 17.9 Å². The number of anilines is 1. The fraction of sp³-hybridized carbons (Fsp3) is 0.192. The van der Waals surface area contributed by atoms with Crippen LogP contribution in [0.1, 0.15) is 40.0 Å². The van der Waals surface area contributed by atoms with Crippen LogP contribution in [-0.4, -0.2) is 5.91 Å². The first-order valence-corrected chi connectivity index (χ1v) is 13.1. The van der Waals surface area contributed by atoms with E-state index in [0.717, 1.165) is 46.2 Å². The van der Waals surface area contributed by atoms with Gasteiger partial charge in [-0.25, -0.2) is 0 Å². The van der Waals surface area contributed by atoms with Crippen molar-refractivity contribution in [2.24, 2.45) is 0 Å². The SMILES string of the molecule is N#C/C(=C\c1cc(Br)ccc1OCc1ccc(Cl)c(Cl)c1)C(=O)Nc1sc2c(c1C#N)CCCC2. The Balaban J connectivity index is 1.58. The molecule has 0 saturated heterocycles. The standard InChI is InChI=1S/C26H18BrCl2N3O2S/c27-18-6-8-23(34-14-15-5-7-21(28)22(29)9-15)16(11-18)10-17(12-30)25(33)32-26-20(13-31)19-3-1-2-4-24(19)35-26/h5-11H,1-4,14H2,(H,32,33)/b17-10+. The Morgan fingerprint density at radius 2 is 1.94 bits per heavy atom. The number of ether oxygens (including phenoxy) is 1. The molecule has 3 aromatic rings. The van der Waals surface area contributed by atoms with E-state index in [1.54, 1.807) is 24.3 Å². The quantitative estimate of drug-likeness (QED) is 0.237. The van der Waals surface area contributed by atoms with E-state index in [4.69, 9.17) is 27.9 Å². The number of rotatable bonds is 6. The molecule has 5 nitrogen and oxygen atoms in total. The number of hydrogen-bond acceptors (Lipinski definition) is 5. The smallest absolute Gasteiger partial charge is 0.266 e. The Bertz CT molecular complexity index is 1420. The predicted octanol–water partition coefficient (Wildman–Crippen LogP) is 7.69. The van der Waals surface area contributed by atoms with Gasteiger partial charge in [-0.05, 0) is 73.2 Å². The minimum atomic E-state index is -0.571. The summed E-state index contributed by atoms with van der Waals surface area (Å²) in [4.78, 5) is 14.1. The lowest BCUT2D eigenvalue weighted by atomic mass is 9.96. The largest absolute Gasteiger partial charge is 0.488 e. The van der Waals surface area contributed by atoms with Crippen LogP contribution in [0.15, 0.2) is 46.4 Å². The molecule has 0 saturated carbocycles. The number of carbonyl (C=O) groups is 1. The lowest BCUT2D eigenvalue weighted by Crippen LogP contribution is -2.13. The Morgan fingerprint density at radius 1 is 1.14 bits per heavy atom. The van der Waals surface area contributed by atoms with Crippen LogP contribution in [0.2, 0.25) is 10.0 Å². The topological polar surface area (TPSA) is 85.9 Å². The molecule has 0 spiro atoms. The van der Waals surface area contributed by atoms with Gasteiger partial charge in [-0.1, -0.05) is 45.2 Å². The van der Waals surface area contributed by atoms with Crippen molar-refractivity contribution in [2.45, 2.75) is 32.3 Å². The first-order chi connectivity index (χ1) is 16.9. The molecule has 1 aliphatic carbocycles. The number of halogens is 3.